The Labute approximate surface area is 169 Å². The van der Waals surface area contributed by atoms with Crippen LogP contribution < -0.4 is 10.7 Å². The van der Waals surface area contributed by atoms with Crippen LogP contribution in [0.4, 0.5) is 8.78 Å². The molecule has 8 nitrogen and oxygen atoms in total. The molecule has 1 aromatic heterocycles. The topological polar surface area (TPSA) is 101 Å². The molecule has 3 heterocycles. The van der Waals surface area contributed by atoms with Gasteiger partial charge in [0.25, 0.3) is 11.8 Å². The average molecular weight is 419 g/mol. The largest absolute Gasteiger partial charge is 0.503 e. The highest BCUT2D eigenvalue weighted by molar-refractivity contribution is 5.99. The molecule has 1 aromatic carbocycles. The van der Waals surface area contributed by atoms with Crippen LogP contribution in [0.15, 0.2) is 29.2 Å². The number of hydrogen-bond donors (Lipinski definition) is 2. The number of aromatic nitrogens is 1. The Balaban J connectivity index is 1.65. The molecule has 0 saturated carbocycles. The molecular formula is C20H19F2N3O5. The molecule has 10 heteroatoms. The van der Waals surface area contributed by atoms with Gasteiger partial charge < -0.3 is 24.6 Å². The van der Waals surface area contributed by atoms with Crippen LogP contribution >= 0.6 is 0 Å². The Morgan fingerprint density at radius 2 is 2.10 bits per heavy atom. The second-order valence-corrected chi connectivity index (χ2v) is 7.23. The third-order valence-electron chi connectivity index (χ3n) is 5.25. The highest BCUT2D eigenvalue weighted by Gasteiger charge is 2.36. The van der Waals surface area contributed by atoms with E-state index in [1.807, 2.05) is 0 Å². The zero-order valence-electron chi connectivity index (χ0n) is 15.9. The number of hydrogen-bond acceptors (Lipinski definition) is 5. The van der Waals surface area contributed by atoms with Crippen molar-refractivity contribution in [3.05, 3.63) is 63.1 Å². The molecule has 2 aliphatic heterocycles. The summed E-state index contributed by atoms with van der Waals surface area (Å²) in [6.45, 7) is 1.20. The lowest BCUT2D eigenvalue weighted by Gasteiger charge is -2.37. The molecule has 158 valence electrons. The third kappa shape index (κ3) is 3.54. The zero-order valence-corrected chi connectivity index (χ0v) is 15.9. The number of pyridine rings is 1. The van der Waals surface area contributed by atoms with Crippen LogP contribution in [0.1, 0.15) is 38.9 Å². The Morgan fingerprint density at radius 3 is 2.87 bits per heavy atom. The fourth-order valence-electron chi connectivity index (χ4n) is 3.69. The number of amides is 2. The predicted octanol–water partition coefficient (Wildman–Crippen LogP) is 1.18. The standard InChI is InChI=1S/C20H19F2N3O5/c21-12-3-2-11(15(22)6-12)7-23-19(28)14-9-25-13-8-24(4-1-5-30-10-13)20(29)16(25)18(27)17(14)26/h2-3,6,9,13,27H,1,4-5,7-8,10H2,(H,23,28). The second-order valence-electron chi connectivity index (χ2n) is 7.23. The number of fused-ring (bicyclic) bond motifs is 4. The number of nitrogens with one attached hydrogen (secondary N) is 1. The Hall–Kier alpha value is -3.27. The van der Waals surface area contributed by atoms with Crippen molar-refractivity contribution in [2.75, 3.05) is 26.3 Å². The Kier molecular flexibility index (Phi) is 5.25. The lowest BCUT2D eigenvalue weighted by atomic mass is 10.1. The molecule has 2 bridgehead atoms. The molecule has 2 aliphatic rings. The van der Waals surface area contributed by atoms with E-state index in [0.29, 0.717) is 32.2 Å². The van der Waals surface area contributed by atoms with Crippen molar-refractivity contribution in [2.45, 2.75) is 19.0 Å². The minimum atomic E-state index is -0.995. The molecule has 1 atom stereocenters. The summed E-state index contributed by atoms with van der Waals surface area (Å²) in [5, 5.41) is 12.8. The molecular weight excluding hydrogens is 400 g/mol. The maximum Gasteiger partial charge on any atom is 0.274 e. The zero-order chi connectivity index (χ0) is 21.4. The summed E-state index contributed by atoms with van der Waals surface area (Å²) in [4.78, 5) is 39.4. The van der Waals surface area contributed by atoms with Crippen molar-refractivity contribution >= 4 is 11.8 Å². The van der Waals surface area contributed by atoms with Gasteiger partial charge in [0, 0.05) is 44.1 Å². The fourth-order valence-corrected chi connectivity index (χ4v) is 3.69. The van der Waals surface area contributed by atoms with E-state index in [9.17, 15) is 28.3 Å². The van der Waals surface area contributed by atoms with Crippen LogP contribution in [0.2, 0.25) is 0 Å². The van der Waals surface area contributed by atoms with Crippen molar-refractivity contribution in [2.24, 2.45) is 0 Å². The van der Waals surface area contributed by atoms with E-state index in [1.54, 1.807) is 4.90 Å². The normalized spacial score (nSPS) is 18.4. The first kappa shape index (κ1) is 20.0. The van der Waals surface area contributed by atoms with E-state index < -0.39 is 34.6 Å². The van der Waals surface area contributed by atoms with Crippen molar-refractivity contribution in [1.82, 2.24) is 14.8 Å². The van der Waals surface area contributed by atoms with Crippen molar-refractivity contribution < 1.29 is 28.2 Å². The maximum atomic E-state index is 13.8. The van der Waals surface area contributed by atoms with Gasteiger partial charge in [-0.15, -0.1) is 0 Å². The molecule has 0 aliphatic carbocycles. The van der Waals surface area contributed by atoms with Gasteiger partial charge in [0.1, 0.15) is 17.2 Å². The quantitative estimate of drug-likeness (QED) is 0.778. The van der Waals surface area contributed by atoms with Crippen LogP contribution in [-0.4, -0.2) is 52.7 Å². The summed E-state index contributed by atoms with van der Waals surface area (Å²) >= 11 is 0. The lowest BCUT2D eigenvalue weighted by molar-refractivity contribution is 0.0323. The summed E-state index contributed by atoms with van der Waals surface area (Å²) in [6.07, 6.45) is 1.86. The van der Waals surface area contributed by atoms with Crippen LogP contribution in [0.25, 0.3) is 0 Å². The highest BCUT2D eigenvalue weighted by Crippen LogP contribution is 2.28. The van der Waals surface area contributed by atoms with E-state index in [1.165, 1.54) is 16.8 Å². The molecule has 1 saturated heterocycles. The number of carbonyl (C=O) groups excluding carboxylic acids is 2. The van der Waals surface area contributed by atoms with E-state index >= 15 is 0 Å². The van der Waals surface area contributed by atoms with Gasteiger partial charge in [-0.05, 0) is 12.5 Å². The van der Waals surface area contributed by atoms with E-state index in [0.717, 1.165) is 6.07 Å². The van der Waals surface area contributed by atoms with Gasteiger partial charge in [0.05, 0.1) is 12.6 Å². The molecule has 4 rings (SSSR count). The van der Waals surface area contributed by atoms with Gasteiger partial charge >= 0.3 is 0 Å². The van der Waals surface area contributed by atoms with Crippen LogP contribution in [0.5, 0.6) is 5.75 Å². The van der Waals surface area contributed by atoms with Crippen LogP contribution in [-0.2, 0) is 11.3 Å². The van der Waals surface area contributed by atoms with Gasteiger partial charge in [-0.1, -0.05) is 6.07 Å². The van der Waals surface area contributed by atoms with Crippen molar-refractivity contribution in [3.8, 4) is 5.75 Å². The van der Waals surface area contributed by atoms with Gasteiger partial charge in [-0.25, -0.2) is 8.78 Å². The van der Waals surface area contributed by atoms with E-state index in [2.05, 4.69) is 5.32 Å². The van der Waals surface area contributed by atoms with E-state index in [-0.39, 0.29) is 36.0 Å². The molecule has 0 spiro atoms. The second kappa shape index (κ2) is 7.86. The summed E-state index contributed by atoms with van der Waals surface area (Å²) in [6, 6.07) is 2.55. The predicted molar refractivity (Wildman–Crippen MR) is 100 cm³/mol. The first-order chi connectivity index (χ1) is 14.4. The molecule has 1 unspecified atom stereocenters. The van der Waals surface area contributed by atoms with Gasteiger partial charge in [0.2, 0.25) is 5.43 Å². The summed E-state index contributed by atoms with van der Waals surface area (Å²) < 4.78 is 33.7. The van der Waals surface area contributed by atoms with Gasteiger partial charge in [-0.2, -0.15) is 0 Å². The van der Waals surface area contributed by atoms with Gasteiger partial charge in [0.15, 0.2) is 11.4 Å². The Bertz CT molecular complexity index is 1080. The number of rotatable bonds is 3. The molecule has 2 N–H and O–H groups in total. The number of halogens is 2. The third-order valence-corrected chi connectivity index (χ3v) is 5.25. The van der Waals surface area contributed by atoms with Gasteiger partial charge in [-0.3, -0.25) is 14.4 Å². The molecule has 1 fully saturated rings. The minimum absolute atomic E-state index is 0.0336. The van der Waals surface area contributed by atoms with Crippen LogP contribution in [0, 0.1) is 11.6 Å². The number of aromatic hydroxyl groups is 1. The molecule has 2 aromatic rings. The number of carbonyl (C=O) groups is 2. The number of nitrogens with zero attached hydrogens (tertiary/aromatic N) is 2. The SMILES string of the molecule is O=C(NCc1ccc(F)cc1F)c1cn2c(c(O)c1=O)C(=O)N1CCCOCC2C1. The average Bonchev–Trinajstić information content (AvgIpc) is 2.68. The summed E-state index contributed by atoms with van der Waals surface area (Å²) in [5.41, 5.74) is -1.53. The minimum Gasteiger partial charge on any atom is -0.503 e. The Morgan fingerprint density at radius 1 is 1.30 bits per heavy atom. The summed E-state index contributed by atoms with van der Waals surface area (Å²) in [5.74, 6) is -3.73. The number of ether oxygens (including phenoxy) is 1. The first-order valence-electron chi connectivity index (χ1n) is 9.44. The molecule has 0 radical (unpaired) electrons. The van der Waals surface area contributed by atoms with Crippen molar-refractivity contribution in [3.63, 3.8) is 0 Å². The number of benzene rings is 1. The lowest BCUT2D eigenvalue weighted by Crippen LogP contribution is -2.48. The first-order valence-corrected chi connectivity index (χ1v) is 9.44. The smallest absolute Gasteiger partial charge is 0.274 e. The van der Waals surface area contributed by atoms with Crippen LogP contribution in [0.3, 0.4) is 0 Å². The monoisotopic (exact) mass is 419 g/mol. The highest BCUT2D eigenvalue weighted by atomic mass is 19.1. The fraction of sp³-hybridized carbons (Fsp3) is 0.350. The van der Waals surface area contributed by atoms with E-state index in [4.69, 9.17) is 4.74 Å². The maximum absolute atomic E-state index is 13.8. The molecule has 2 amide bonds. The van der Waals surface area contributed by atoms with Crippen molar-refractivity contribution in [1.29, 1.82) is 0 Å². The molecule has 30 heavy (non-hydrogen) atoms. The summed E-state index contributed by atoms with van der Waals surface area (Å²) in [7, 11) is 0.